The highest BCUT2D eigenvalue weighted by molar-refractivity contribution is 5.82. The van der Waals surface area contributed by atoms with Crippen molar-refractivity contribution in [2.75, 3.05) is 0 Å². The second-order valence-corrected chi connectivity index (χ2v) is 6.62. The Bertz CT molecular complexity index is 1110. The second-order valence-electron chi connectivity index (χ2n) is 6.62. The van der Waals surface area contributed by atoms with E-state index in [2.05, 4.69) is 48.7 Å². The molecule has 3 nitrogen and oxygen atoms in total. The number of rotatable bonds is 3. The molecule has 1 heterocycles. The van der Waals surface area contributed by atoms with Crippen molar-refractivity contribution in [1.82, 2.24) is 9.55 Å². The number of aromatic nitrogens is 2. The van der Waals surface area contributed by atoms with Gasteiger partial charge in [-0.2, -0.15) is 5.26 Å². The Morgan fingerprint density at radius 3 is 2.31 bits per heavy atom. The first-order valence-corrected chi connectivity index (χ1v) is 8.67. The van der Waals surface area contributed by atoms with Gasteiger partial charge in [0.25, 0.3) is 0 Å². The second kappa shape index (κ2) is 6.50. The number of nitriles is 1. The fourth-order valence-electron chi connectivity index (χ4n) is 3.21. The summed E-state index contributed by atoms with van der Waals surface area (Å²) in [6, 6.07) is 24.6. The first-order valence-electron chi connectivity index (χ1n) is 8.67. The molecular weight excluding hydrogens is 318 g/mol. The van der Waals surface area contributed by atoms with Crippen LogP contribution in [0, 0.1) is 25.2 Å². The molecule has 0 fully saturated rings. The van der Waals surface area contributed by atoms with Crippen molar-refractivity contribution in [3.05, 3.63) is 89.0 Å². The molecule has 0 spiro atoms. The van der Waals surface area contributed by atoms with Gasteiger partial charge in [0.1, 0.15) is 5.82 Å². The van der Waals surface area contributed by atoms with Crippen LogP contribution in [-0.2, 0) is 6.54 Å². The molecule has 0 amide bonds. The Labute approximate surface area is 153 Å². The fraction of sp³-hybridized carbons (Fsp3) is 0.130. The van der Waals surface area contributed by atoms with E-state index in [4.69, 9.17) is 10.2 Å². The topological polar surface area (TPSA) is 41.6 Å². The Hall–Kier alpha value is -3.38. The van der Waals surface area contributed by atoms with Gasteiger partial charge < -0.3 is 4.57 Å². The summed E-state index contributed by atoms with van der Waals surface area (Å²) >= 11 is 0. The van der Waals surface area contributed by atoms with Crippen LogP contribution < -0.4 is 0 Å². The lowest BCUT2D eigenvalue weighted by molar-refractivity contribution is 0.834. The summed E-state index contributed by atoms with van der Waals surface area (Å²) < 4.78 is 2.26. The molecule has 0 saturated heterocycles. The summed E-state index contributed by atoms with van der Waals surface area (Å²) in [5, 5.41) is 9.01. The first-order chi connectivity index (χ1) is 12.7. The van der Waals surface area contributed by atoms with E-state index in [1.54, 1.807) is 0 Å². The number of aryl methyl sites for hydroxylation is 2. The van der Waals surface area contributed by atoms with Gasteiger partial charge in [-0.15, -0.1) is 0 Å². The fourth-order valence-corrected chi connectivity index (χ4v) is 3.21. The summed E-state index contributed by atoms with van der Waals surface area (Å²) in [6.07, 6.45) is 0. The number of benzene rings is 3. The molecule has 4 aromatic rings. The molecule has 126 valence electrons. The van der Waals surface area contributed by atoms with Gasteiger partial charge in [0, 0.05) is 12.1 Å². The van der Waals surface area contributed by atoms with Crippen LogP contribution in [0.25, 0.3) is 22.4 Å². The van der Waals surface area contributed by atoms with Gasteiger partial charge in [-0.1, -0.05) is 42.5 Å². The standard InChI is InChI=1S/C23H19N3/c1-16-12-21-22(13-17(16)2)26(15-19-10-8-18(14-24)9-11-19)23(25-21)20-6-4-3-5-7-20/h3-13H,15H2,1-2H3. The van der Waals surface area contributed by atoms with Crippen LogP contribution in [0.3, 0.4) is 0 Å². The zero-order valence-corrected chi connectivity index (χ0v) is 14.9. The van der Waals surface area contributed by atoms with E-state index in [9.17, 15) is 0 Å². The van der Waals surface area contributed by atoms with Crippen LogP contribution in [0.2, 0.25) is 0 Å². The molecule has 0 N–H and O–H groups in total. The average Bonchev–Trinajstić information content (AvgIpc) is 3.01. The molecule has 0 atom stereocenters. The lowest BCUT2D eigenvalue weighted by Gasteiger charge is -2.10. The molecular formula is C23H19N3. The summed E-state index contributed by atoms with van der Waals surface area (Å²) in [4.78, 5) is 4.93. The van der Waals surface area contributed by atoms with Gasteiger partial charge in [0.05, 0.1) is 22.7 Å². The van der Waals surface area contributed by atoms with E-state index in [1.165, 1.54) is 11.1 Å². The zero-order chi connectivity index (χ0) is 18.1. The van der Waals surface area contributed by atoms with Crippen molar-refractivity contribution in [2.24, 2.45) is 0 Å². The predicted octanol–water partition coefficient (Wildman–Crippen LogP) is 5.24. The van der Waals surface area contributed by atoms with Crippen molar-refractivity contribution < 1.29 is 0 Å². The Morgan fingerprint density at radius 2 is 1.62 bits per heavy atom. The molecule has 0 bridgehead atoms. The number of nitrogens with zero attached hydrogens (tertiary/aromatic N) is 3. The summed E-state index contributed by atoms with van der Waals surface area (Å²) in [5.41, 5.74) is 7.60. The van der Waals surface area contributed by atoms with Crippen molar-refractivity contribution in [1.29, 1.82) is 5.26 Å². The lowest BCUT2D eigenvalue weighted by atomic mass is 10.1. The highest BCUT2D eigenvalue weighted by atomic mass is 15.1. The minimum Gasteiger partial charge on any atom is -0.319 e. The molecule has 0 aliphatic carbocycles. The highest BCUT2D eigenvalue weighted by Crippen LogP contribution is 2.28. The minimum atomic E-state index is 0.680. The summed E-state index contributed by atoms with van der Waals surface area (Å²) in [5.74, 6) is 0.968. The third-order valence-corrected chi connectivity index (χ3v) is 4.82. The van der Waals surface area contributed by atoms with E-state index in [0.29, 0.717) is 5.56 Å². The Kier molecular flexibility index (Phi) is 4.02. The van der Waals surface area contributed by atoms with Crippen molar-refractivity contribution in [3.63, 3.8) is 0 Å². The van der Waals surface area contributed by atoms with E-state index >= 15 is 0 Å². The molecule has 0 radical (unpaired) electrons. The Morgan fingerprint density at radius 1 is 0.923 bits per heavy atom. The van der Waals surface area contributed by atoms with Gasteiger partial charge in [-0.25, -0.2) is 4.98 Å². The van der Waals surface area contributed by atoms with Crippen LogP contribution in [-0.4, -0.2) is 9.55 Å². The maximum Gasteiger partial charge on any atom is 0.141 e. The van der Waals surface area contributed by atoms with Crippen LogP contribution in [0.5, 0.6) is 0 Å². The van der Waals surface area contributed by atoms with Crippen molar-refractivity contribution in [3.8, 4) is 17.5 Å². The smallest absolute Gasteiger partial charge is 0.141 e. The monoisotopic (exact) mass is 337 g/mol. The van der Waals surface area contributed by atoms with Crippen molar-refractivity contribution in [2.45, 2.75) is 20.4 Å². The molecule has 3 aromatic carbocycles. The molecule has 3 heteroatoms. The van der Waals surface area contributed by atoms with Crippen LogP contribution >= 0.6 is 0 Å². The number of hydrogen-bond donors (Lipinski definition) is 0. The quantitative estimate of drug-likeness (QED) is 0.513. The van der Waals surface area contributed by atoms with Gasteiger partial charge in [-0.05, 0) is 54.8 Å². The van der Waals surface area contributed by atoms with E-state index in [0.717, 1.165) is 34.5 Å². The van der Waals surface area contributed by atoms with E-state index < -0.39 is 0 Å². The maximum absolute atomic E-state index is 9.01. The first kappa shape index (κ1) is 16.1. The highest BCUT2D eigenvalue weighted by Gasteiger charge is 2.14. The number of imidazole rings is 1. The summed E-state index contributed by atoms with van der Waals surface area (Å²) in [7, 11) is 0. The average molecular weight is 337 g/mol. The number of hydrogen-bond acceptors (Lipinski definition) is 2. The molecule has 4 rings (SSSR count). The normalized spacial score (nSPS) is 10.8. The van der Waals surface area contributed by atoms with E-state index in [1.807, 2.05) is 42.5 Å². The van der Waals surface area contributed by atoms with Crippen LogP contribution in [0.15, 0.2) is 66.7 Å². The summed E-state index contributed by atoms with van der Waals surface area (Å²) in [6.45, 7) is 4.97. The van der Waals surface area contributed by atoms with Crippen molar-refractivity contribution >= 4 is 11.0 Å². The Balaban J connectivity index is 1.89. The molecule has 1 aromatic heterocycles. The molecule has 0 saturated carbocycles. The van der Waals surface area contributed by atoms with Crippen LogP contribution in [0.1, 0.15) is 22.3 Å². The largest absolute Gasteiger partial charge is 0.319 e. The van der Waals surface area contributed by atoms with E-state index in [-0.39, 0.29) is 0 Å². The van der Waals surface area contributed by atoms with Gasteiger partial charge >= 0.3 is 0 Å². The third kappa shape index (κ3) is 2.87. The SMILES string of the molecule is Cc1cc2nc(-c3ccccc3)n(Cc3ccc(C#N)cc3)c2cc1C. The van der Waals surface area contributed by atoms with Gasteiger partial charge in [0.2, 0.25) is 0 Å². The van der Waals surface area contributed by atoms with Crippen LogP contribution in [0.4, 0.5) is 0 Å². The molecule has 0 aliphatic heterocycles. The van der Waals surface area contributed by atoms with Gasteiger partial charge in [0.15, 0.2) is 0 Å². The molecule has 26 heavy (non-hydrogen) atoms. The maximum atomic E-state index is 9.01. The minimum absolute atomic E-state index is 0.680. The molecule has 0 unspecified atom stereocenters. The third-order valence-electron chi connectivity index (χ3n) is 4.82. The zero-order valence-electron chi connectivity index (χ0n) is 14.9. The number of fused-ring (bicyclic) bond motifs is 1. The van der Waals surface area contributed by atoms with Gasteiger partial charge in [-0.3, -0.25) is 0 Å². The lowest BCUT2D eigenvalue weighted by Crippen LogP contribution is -2.02. The molecule has 0 aliphatic rings. The predicted molar refractivity (Wildman–Crippen MR) is 105 cm³/mol.